The van der Waals surface area contributed by atoms with Crippen molar-refractivity contribution in [3.05, 3.63) is 47.8 Å². The summed E-state index contributed by atoms with van der Waals surface area (Å²) in [4.78, 5) is 27.1. The summed E-state index contributed by atoms with van der Waals surface area (Å²) in [7, 11) is 0. The average Bonchev–Trinajstić information content (AvgIpc) is 3.10. The van der Waals surface area contributed by atoms with Crippen molar-refractivity contribution < 1.29 is 4.79 Å². The Morgan fingerprint density at radius 2 is 1.90 bits per heavy atom. The first-order chi connectivity index (χ1) is 14.5. The Balaban J connectivity index is 1.63. The second-order valence-electron chi connectivity index (χ2n) is 7.11. The molecule has 1 aliphatic rings. The Morgan fingerprint density at radius 1 is 1.17 bits per heavy atom. The number of likely N-dealkylation sites (tertiary alicyclic amines) is 1. The number of thiocarbonyl (C=S) groups is 1. The van der Waals surface area contributed by atoms with E-state index in [0.29, 0.717) is 36.5 Å². The fourth-order valence-corrected chi connectivity index (χ4v) is 3.40. The summed E-state index contributed by atoms with van der Waals surface area (Å²) >= 11 is 5.42. The van der Waals surface area contributed by atoms with Crippen LogP contribution in [0.4, 0.5) is 11.6 Å². The standard InChI is InChI=1S/C21H27N7OS/c1-15-14-16(2)24-20(23-15)26-19(22-11-7-13-28-12-6-10-18(28)29)27-21(30)25-17-8-4-3-5-9-17/h3-5,8-9,14H,6-7,10-13H2,1-2H3,(H3,22,23,24,25,26,27,30). The number of amides is 1. The molecule has 0 spiro atoms. The maximum Gasteiger partial charge on any atom is 0.229 e. The maximum atomic E-state index is 11.7. The lowest BCUT2D eigenvalue weighted by Gasteiger charge is -2.16. The highest BCUT2D eigenvalue weighted by molar-refractivity contribution is 7.80. The van der Waals surface area contributed by atoms with Gasteiger partial charge in [0.05, 0.1) is 0 Å². The van der Waals surface area contributed by atoms with Gasteiger partial charge in [0.2, 0.25) is 17.8 Å². The minimum Gasteiger partial charge on any atom is -0.343 e. The Kier molecular flexibility index (Phi) is 7.67. The molecule has 1 amide bonds. The molecule has 0 atom stereocenters. The van der Waals surface area contributed by atoms with Crippen molar-refractivity contribution in [2.45, 2.75) is 33.1 Å². The van der Waals surface area contributed by atoms with Gasteiger partial charge in [-0.05, 0) is 57.1 Å². The summed E-state index contributed by atoms with van der Waals surface area (Å²) in [5.41, 5.74) is 2.60. The molecule has 2 heterocycles. The van der Waals surface area contributed by atoms with Gasteiger partial charge < -0.3 is 15.5 Å². The highest BCUT2D eigenvalue weighted by Gasteiger charge is 2.19. The first-order valence-corrected chi connectivity index (χ1v) is 10.4. The van der Waals surface area contributed by atoms with Crippen LogP contribution in [-0.2, 0) is 4.79 Å². The highest BCUT2D eigenvalue weighted by atomic mass is 32.1. The molecule has 3 rings (SSSR count). The van der Waals surface area contributed by atoms with E-state index in [1.165, 1.54) is 0 Å². The lowest BCUT2D eigenvalue weighted by atomic mass is 10.3. The van der Waals surface area contributed by atoms with Crippen LogP contribution in [0.1, 0.15) is 30.7 Å². The van der Waals surface area contributed by atoms with Crippen molar-refractivity contribution in [3.63, 3.8) is 0 Å². The van der Waals surface area contributed by atoms with Gasteiger partial charge >= 0.3 is 0 Å². The van der Waals surface area contributed by atoms with Crippen LogP contribution >= 0.6 is 12.2 Å². The van der Waals surface area contributed by atoms with E-state index in [1.54, 1.807) is 0 Å². The number of benzene rings is 1. The molecule has 158 valence electrons. The zero-order valence-electron chi connectivity index (χ0n) is 17.3. The van der Waals surface area contributed by atoms with Crippen LogP contribution in [0.2, 0.25) is 0 Å². The molecule has 8 nitrogen and oxygen atoms in total. The van der Waals surface area contributed by atoms with Gasteiger partial charge in [0, 0.05) is 43.1 Å². The van der Waals surface area contributed by atoms with Crippen molar-refractivity contribution in [2.24, 2.45) is 4.99 Å². The first kappa shape index (κ1) is 21.6. The average molecular weight is 426 g/mol. The van der Waals surface area contributed by atoms with Gasteiger partial charge in [0.25, 0.3) is 0 Å². The van der Waals surface area contributed by atoms with Crippen LogP contribution in [0.15, 0.2) is 41.4 Å². The molecule has 0 unspecified atom stereocenters. The number of hydrogen-bond acceptors (Lipinski definition) is 5. The van der Waals surface area contributed by atoms with E-state index in [4.69, 9.17) is 12.2 Å². The number of aliphatic imine (C=N–C) groups is 1. The number of aryl methyl sites for hydroxylation is 2. The van der Waals surface area contributed by atoms with Crippen molar-refractivity contribution in [2.75, 3.05) is 30.3 Å². The minimum atomic E-state index is 0.229. The number of nitrogens with one attached hydrogen (secondary N) is 3. The summed E-state index contributed by atoms with van der Waals surface area (Å²) in [6.45, 7) is 5.92. The number of guanidine groups is 1. The first-order valence-electron chi connectivity index (χ1n) is 10.0. The molecule has 1 saturated heterocycles. The normalized spacial score (nSPS) is 14.0. The molecular weight excluding hydrogens is 398 g/mol. The number of anilines is 2. The molecule has 2 aromatic rings. The SMILES string of the molecule is Cc1cc(C)nc(NC(=NCCCN2CCCC2=O)NC(=S)Nc2ccccc2)n1. The monoisotopic (exact) mass is 425 g/mol. The molecule has 0 bridgehead atoms. The summed E-state index contributed by atoms with van der Waals surface area (Å²) in [6, 6.07) is 11.6. The molecule has 1 fully saturated rings. The number of carbonyl (C=O) groups excluding carboxylic acids is 1. The summed E-state index contributed by atoms with van der Waals surface area (Å²) < 4.78 is 0. The highest BCUT2D eigenvalue weighted by Crippen LogP contribution is 2.10. The molecule has 1 aromatic heterocycles. The van der Waals surface area contributed by atoms with Crippen LogP contribution in [0.25, 0.3) is 0 Å². The Morgan fingerprint density at radius 3 is 2.57 bits per heavy atom. The second-order valence-corrected chi connectivity index (χ2v) is 7.52. The van der Waals surface area contributed by atoms with E-state index in [2.05, 4.69) is 30.9 Å². The van der Waals surface area contributed by atoms with Crippen LogP contribution < -0.4 is 16.0 Å². The summed E-state index contributed by atoms with van der Waals surface area (Å²) in [5.74, 6) is 1.14. The molecule has 0 aliphatic carbocycles. The van der Waals surface area contributed by atoms with Gasteiger partial charge in [-0.15, -0.1) is 0 Å². The van der Waals surface area contributed by atoms with Gasteiger partial charge in [-0.3, -0.25) is 15.1 Å². The fourth-order valence-electron chi connectivity index (χ4n) is 3.18. The van der Waals surface area contributed by atoms with Gasteiger partial charge in [0.15, 0.2) is 5.11 Å². The molecule has 1 aliphatic heterocycles. The molecule has 0 radical (unpaired) electrons. The van der Waals surface area contributed by atoms with E-state index in [0.717, 1.165) is 36.5 Å². The fraction of sp³-hybridized carbons (Fsp3) is 0.381. The largest absolute Gasteiger partial charge is 0.343 e. The lowest BCUT2D eigenvalue weighted by Crippen LogP contribution is -2.39. The smallest absolute Gasteiger partial charge is 0.229 e. The Hall–Kier alpha value is -3.07. The number of aromatic nitrogens is 2. The number of carbonyl (C=O) groups is 1. The maximum absolute atomic E-state index is 11.7. The van der Waals surface area contributed by atoms with Gasteiger partial charge in [-0.2, -0.15) is 0 Å². The van der Waals surface area contributed by atoms with Crippen molar-refractivity contribution >= 4 is 40.8 Å². The van der Waals surface area contributed by atoms with Crippen LogP contribution in [0.3, 0.4) is 0 Å². The van der Waals surface area contributed by atoms with Gasteiger partial charge in [-0.25, -0.2) is 9.97 Å². The predicted molar refractivity (Wildman–Crippen MR) is 124 cm³/mol. The lowest BCUT2D eigenvalue weighted by molar-refractivity contribution is -0.127. The van der Waals surface area contributed by atoms with Crippen LogP contribution in [0.5, 0.6) is 0 Å². The van der Waals surface area contributed by atoms with Crippen molar-refractivity contribution in [1.29, 1.82) is 0 Å². The quantitative estimate of drug-likeness (QED) is 0.283. The van der Waals surface area contributed by atoms with E-state index >= 15 is 0 Å². The summed E-state index contributed by atoms with van der Waals surface area (Å²) in [6.07, 6.45) is 2.37. The van der Waals surface area contributed by atoms with Gasteiger partial charge in [0.1, 0.15) is 0 Å². The number of hydrogen-bond donors (Lipinski definition) is 3. The van der Waals surface area contributed by atoms with E-state index < -0.39 is 0 Å². The molecule has 1 aromatic carbocycles. The van der Waals surface area contributed by atoms with E-state index in [9.17, 15) is 4.79 Å². The van der Waals surface area contributed by atoms with E-state index in [1.807, 2.05) is 55.1 Å². The number of nitrogens with zero attached hydrogens (tertiary/aromatic N) is 4. The molecule has 9 heteroatoms. The van der Waals surface area contributed by atoms with Crippen molar-refractivity contribution in [1.82, 2.24) is 20.2 Å². The minimum absolute atomic E-state index is 0.229. The topological polar surface area (TPSA) is 94.5 Å². The molecule has 30 heavy (non-hydrogen) atoms. The number of rotatable bonds is 6. The molecular formula is C21H27N7OS. The third-order valence-electron chi connectivity index (χ3n) is 4.50. The summed E-state index contributed by atoms with van der Waals surface area (Å²) in [5, 5.41) is 9.75. The molecule has 3 N–H and O–H groups in total. The Bertz CT molecular complexity index is 897. The second kappa shape index (κ2) is 10.6. The zero-order valence-corrected chi connectivity index (χ0v) is 18.1. The van der Waals surface area contributed by atoms with Crippen LogP contribution in [-0.4, -0.2) is 51.5 Å². The zero-order chi connectivity index (χ0) is 21.3. The van der Waals surface area contributed by atoms with Crippen molar-refractivity contribution in [3.8, 4) is 0 Å². The third-order valence-corrected chi connectivity index (χ3v) is 4.71. The third kappa shape index (κ3) is 6.77. The predicted octanol–water partition coefficient (Wildman–Crippen LogP) is 2.86. The number of para-hydroxylation sites is 1. The van der Waals surface area contributed by atoms with Gasteiger partial charge in [-0.1, -0.05) is 18.2 Å². The Labute approximate surface area is 182 Å². The van der Waals surface area contributed by atoms with Crippen LogP contribution in [0, 0.1) is 13.8 Å². The molecule has 0 saturated carbocycles. The van der Waals surface area contributed by atoms with E-state index in [-0.39, 0.29) is 5.91 Å².